The van der Waals surface area contributed by atoms with Crippen molar-refractivity contribution in [3.63, 3.8) is 0 Å². The van der Waals surface area contributed by atoms with E-state index in [-0.39, 0.29) is 0 Å². The molecule has 0 aliphatic carbocycles. The molecule has 0 aliphatic heterocycles. The standard InChI is InChI=1S/C5H9F3O2/c1-3(2)10-4(9)5(6,7)8/h3-4,9H,1-2H3. The van der Waals surface area contributed by atoms with Gasteiger partial charge in [0.15, 0.2) is 0 Å². The summed E-state index contributed by atoms with van der Waals surface area (Å²) in [4.78, 5) is 0. The molecule has 0 amide bonds. The Morgan fingerprint density at radius 1 is 1.30 bits per heavy atom. The van der Waals surface area contributed by atoms with Crippen molar-refractivity contribution in [2.75, 3.05) is 0 Å². The van der Waals surface area contributed by atoms with Crippen molar-refractivity contribution in [3.05, 3.63) is 0 Å². The maximum Gasteiger partial charge on any atom is 0.439 e. The van der Waals surface area contributed by atoms with Crippen LogP contribution in [0.2, 0.25) is 0 Å². The molecule has 0 rings (SSSR count). The van der Waals surface area contributed by atoms with E-state index in [0.717, 1.165) is 0 Å². The molecule has 10 heavy (non-hydrogen) atoms. The van der Waals surface area contributed by atoms with E-state index in [4.69, 9.17) is 5.11 Å². The van der Waals surface area contributed by atoms with E-state index in [9.17, 15) is 13.2 Å². The van der Waals surface area contributed by atoms with Gasteiger partial charge < -0.3 is 9.84 Å². The Morgan fingerprint density at radius 2 is 1.70 bits per heavy atom. The summed E-state index contributed by atoms with van der Waals surface area (Å²) < 4.78 is 38.3. The molecule has 0 radical (unpaired) electrons. The number of ether oxygens (including phenoxy) is 1. The van der Waals surface area contributed by atoms with Crippen molar-refractivity contribution in [2.24, 2.45) is 0 Å². The second-order valence-electron chi connectivity index (χ2n) is 2.08. The number of rotatable bonds is 2. The summed E-state index contributed by atoms with van der Waals surface area (Å²) in [5.74, 6) is 0. The van der Waals surface area contributed by atoms with Crippen LogP contribution in [0.15, 0.2) is 0 Å². The number of alkyl halides is 3. The Morgan fingerprint density at radius 3 is 1.80 bits per heavy atom. The van der Waals surface area contributed by atoms with Gasteiger partial charge in [0.05, 0.1) is 6.10 Å². The maximum absolute atomic E-state index is 11.4. The number of aliphatic hydroxyl groups excluding tert-OH is 1. The van der Waals surface area contributed by atoms with E-state index in [1.54, 1.807) is 0 Å². The second kappa shape index (κ2) is 3.21. The SMILES string of the molecule is CC(C)OC(O)C(F)(F)F. The highest BCUT2D eigenvalue weighted by Crippen LogP contribution is 2.21. The van der Waals surface area contributed by atoms with Gasteiger partial charge in [0.25, 0.3) is 6.29 Å². The van der Waals surface area contributed by atoms with E-state index >= 15 is 0 Å². The minimum Gasteiger partial charge on any atom is -0.361 e. The lowest BCUT2D eigenvalue weighted by Crippen LogP contribution is -2.33. The lowest BCUT2D eigenvalue weighted by molar-refractivity contribution is -0.302. The van der Waals surface area contributed by atoms with Gasteiger partial charge in [-0.25, -0.2) is 0 Å². The van der Waals surface area contributed by atoms with Crippen LogP contribution in [0.4, 0.5) is 13.2 Å². The van der Waals surface area contributed by atoms with Crippen molar-refractivity contribution in [1.29, 1.82) is 0 Å². The van der Waals surface area contributed by atoms with Crippen LogP contribution in [0, 0.1) is 0 Å². The third-order valence-corrected chi connectivity index (χ3v) is 0.681. The van der Waals surface area contributed by atoms with Gasteiger partial charge in [-0.2, -0.15) is 13.2 Å². The third kappa shape index (κ3) is 3.68. The molecule has 0 spiro atoms. The molecule has 2 nitrogen and oxygen atoms in total. The first kappa shape index (κ1) is 9.71. The van der Waals surface area contributed by atoms with Gasteiger partial charge in [-0.3, -0.25) is 0 Å². The van der Waals surface area contributed by atoms with Crippen molar-refractivity contribution < 1.29 is 23.0 Å². The first-order valence-electron chi connectivity index (χ1n) is 2.74. The predicted octanol–water partition coefficient (Wildman–Crippen LogP) is 1.29. The van der Waals surface area contributed by atoms with Crippen LogP contribution in [0.5, 0.6) is 0 Å². The number of halogens is 3. The highest BCUT2D eigenvalue weighted by molar-refractivity contribution is 4.54. The quantitative estimate of drug-likeness (QED) is 0.613. The van der Waals surface area contributed by atoms with Crippen LogP contribution >= 0.6 is 0 Å². The molecule has 0 aliphatic rings. The maximum atomic E-state index is 11.4. The Balaban J connectivity index is 3.73. The van der Waals surface area contributed by atoms with Crippen LogP contribution in [-0.4, -0.2) is 23.7 Å². The van der Waals surface area contributed by atoms with Crippen molar-refractivity contribution in [1.82, 2.24) is 0 Å². The number of aliphatic hydroxyl groups is 1. The number of hydrogen-bond donors (Lipinski definition) is 1. The van der Waals surface area contributed by atoms with E-state index in [1.165, 1.54) is 13.8 Å². The fourth-order valence-electron chi connectivity index (χ4n) is 0.335. The molecule has 0 fully saturated rings. The molecule has 62 valence electrons. The summed E-state index contributed by atoms with van der Waals surface area (Å²) >= 11 is 0. The van der Waals surface area contributed by atoms with E-state index in [0.29, 0.717) is 0 Å². The molecule has 0 aromatic carbocycles. The molecule has 0 saturated heterocycles. The third-order valence-electron chi connectivity index (χ3n) is 0.681. The van der Waals surface area contributed by atoms with Crippen molar-refractivity contribution >= 4 is 0 Å². The first-order chi connectivity index (χ1) is 4.34. The minimum absolute atomic E-state index is 0.628. The minimum atomic E-state index is -4.68. The zero-order chi connectivity index (χ0) is 8.36. The van der Waals surface area contributed by atoms with Gasteiger partial charge in [-0.05, 0) is 13.8 Å². The van der Waals surface area contributed by atoms with Crippen LogP contribution in [0.3, 0.4) is 0 Å². The normalized spacial score (nSPS) is 15.9. The van der Waals surface area contributed by atoms with Gasteiger partial charge in [-0.15, -0.1) is 0 Å². The fraction of sp³-hybridized carbons (Fsp3) is 1.00. The molecule has 1 atom stereocenters. The number of hydrogen-bond acceptors (Lipinski definition) is 2. The highest BCUT2D eigenvalue weighted by atomic mass is 19.4. The molecular formula is C5H9F3O2. The van der Waals surface area contributed by atoms with Crippen LogP contribution in [0.25, 0.3) is 0 Å². The Bertz CT molecular complexity index is 99.6. The van der Waals surface area contributed by atoms with E-state index in [2.05, 4.69) is 4.74 Å². The molecule has 1 N–H and O–H groups in total. The summed E-state index contributed by atoms with van der Waals surface area (Å²) in [5.41, 5.74) is 0. The smallest absolute Gasteiger partial charge is 0.361 e. The van der Waals surface area contributed by atoms with Gasteiger partial charge in [0, 0.05) is 0 Å². The Kier molecular flexibility index (Phi) is 3.11. The second-order valence-corrected chi connectivity index (χ2v) is 2.08. The van der Waals surface area contributed by atoms with Crippen molar-refractivity contribution in [2.45, 2.75) is 32.4 Å². The zero-order valence-corrected chi connectivity index (χ0v) is 5.64. The van der Waals surface area contributed by atoms with Gasteiger partial charge >= 0.3 is 6.18 Å². The summed E-state index contributed by atoms with van der Waals surface area (Å²) in [5, 5.41) is 8.21. The summed E-state index contributed by atoms with van der Waals surface area (Å²) in [6, 6.07) is 0. The summed E-state index contributed by atoms with van der Waals surface area (Å²) in [7, 11) is 0. The van der Waals surface area contributed by atoms with Crippen LogP contribution < -0.4 is 0 Å². The van der Waals surface area contributed by atoms with Gasteiger partial charge in [0.2, 0.25) is 0 Å². The van der Waals surface area contributed by atoms with Crippen LogP contribution in [0.1, 0.15) is 13.8 Å². The van der Waals surface area contributed by atoms with E-state index in [1.807, 2.05) is 0 Å². The Labute approximate surface area is 56.6 Å². The lowest BCUT2D eigenvalue weighted by atomic mass is 10.5. The van der Waals surface area contributed by atoms with E-state index < -0.39 is 18.6 Å². The zero-order valence-electron chi connectivity index (χ0n) is 5.64. The summed E-state index contributed by atoms with van der Waals surface area (Å²) in [6.45, 7) is 2.82. The molecule has 0 heterocycles. The molecule has 1 unspecified atom stereocenters. The largest absolute Gasteiger partial charge is 0.439 e. The van der Waals surface area contributed by atoms with Crippen molar-refractivity contribution in [3.8, 4) is 0 Å². The average molecular weight is 158 g/mol. The van der Waals surface area contributed by atoms with Crippen LogP contribution in [-0.2, 0) is 4.74 Å². The predicted molar refractivity (Wildman–Crippen MR) is 28.3 cm³/mol. The molecule has 0 saturated carbocycles. The van der Waals surface area contributed by atoms with Gasteiger partial charge in [-0.1, -0.05) is 0 Å². The topological polar surface area (TPSA) is 29.5 Å². The lowest BCUT2D eigenvalue weighted by Gasteiger charge is -2.16. The molecule has 0 bridgehead atoms. The molecular weight excluding hydrogens is 149 g/mol. The molecule has 5 heteroatoms. The fourth-order valence-corrected chi connectivity index (χ4v) is 0.335. The average Bonchev–Trinajstić information content (AvgIpc) is 1.60. The Hall–Kier alpha value is -0.290. The summed E-state index contributed by atoms with van der Waals surface area (Å²) in [6.07, 6.45) is -7.96. The monoisotopic (exact) mass is 158 g/mol. The molecule has 0 aromatic heterocycles. The first-order valence-corrected chi connectivity index (χ1v) is 2.74. The van der Waals surface area contributed by atoms with Gasteiger partial charge in [0.1, 0.15) is 0 Å². The highest BCUT2D eigenvalue weighted by Gasteiger charge is 2.39. The molecule has 0 aromatic rings.